The van der Waals surface area contributed by atoms with Crippen LogP contribution >= 0.6 is 0 Å². The fraction of sp³-hybridized carbons (Fsp3) is 0.500. The lowest BCUT2D eigenvalue weighted by atomic mass is 10.2. The van der Waals surface area contributed by atoms with Gasteiger partial charge in [0.1, 0.15) is 5.75 Å². The van der Waals surface area contributed by atoms with Crippen LogP contribution in [0, 0.1) is 6.92 Å². The lowest BCUT2D eigenvalue weighted by Gasteiger charge is -2.22. The van der Waals surface area contributed by atoms with Crippen molar-refractivity contribution in [3.8, 4) is 11.4 Å². The van der Waals surface area contributed by atoms with Crippen molar-refractivity contribution in [1.82, 2.24) is 25.2 Å². The highest BCUT2D eigenvalue weighted by molar-refractivity contribution is 5.93. The molecule has 1 amide bonds. The summed E-state index contributed by atoms with van der Waals surface area (Å²) in [4.78, 5) is 14.5. The molecule has 0 spiro atoms. The first-order valence-corrected chi connectivity index (χ1v) is 8.64. The fourth-order valence-corrected chi connectivity index (χ4v) is 3.01. The van der Waals surface area contributed by atoms with Crippen LogP contribution in [0.15, 0.2) is 24.3 Å². The minimum Gasteiger partial charge on any atom is -0.491 e. The second-order valence-corrected chi connectivity index (χ2v) is 6.66. The molecule has 25 heavy (non-hydrogen) atoms. The van der Waals surface area contributed by atoms with Crippen molar-refractivity contribution >= 4 is 5.91 Å². The molecule has 1 saturated heterocycles. The van der Waals surface area contributed by atoms with Crippen LogP contribution < -0.4 is 10.1 Å². The standard InChI is InChI=1S/C18H25N5O2/c1-12(2)25-16-7-5-14(6-8-16)23-13(3)17(20-21-23)18(24)22(4)15-9-10-19-11-15/h5-8,12,15,19H,9-11H2,1-4H3/t15-/m0/s1. The molecule has 1 N–H and O–H groups in total. The second kappa shape index (κ2) is 7.23. The van der Waals surface area contributed by atoms with Crippen LogP contribution in [0.2, 0.25) is 0 Å². The third kappa shape index (κ3) is 3.66. The number of carbonyl (C=O) groups is 1. The van der Waals surface area contributed by atoms with E-state index in [1.165, 1.54) is 0 Å². The second-order valence-electron chi connectivity index (χ2n) is 6.66. The Morgan fingerprint density at radius 2 is 2.08 bits per heavy atom. The van der Waals surface area contributed by atoms with E-state index >= 15 is 0 Å². The summed E-state index contributed by atoms with van der Waals surface area (Å²) < 4.78 is 7.34. The number of amides is 1. The molecule has 1 atom stereocenters. The summed E-state index contributed by atoms with van der Waals surface area (Å²) in [7, 11) is 1.83. The molecule has 7 nitrogen and oxygen atoms in total. The van der Waals surface area contributed by atoms with Gasteiger partial charge < -0.3 is 15.0 Å². The highest BCUT2D eigenvalue weighted by Crippen LogP contribution is 2.19. The molecule has 7 heteroatoms. The number of hydrogen-bond donors (Lipinski definition) is 1. The Labute approximate surface area is 148 Å². The smallest absolute Gasteiger partial charge is 0.276 e. The molecule has 0 radical (unpaired) electrons. The quantitative estimate of drug-likeness (QED) is 0.896. The summed E-state index contributed by atoms with van der Waals surface area (Å²) in [5.41, 5.74) is 1.99. The van der Waals surface area contributed by atoms with Crippen LogP contribution in [0.4, 0.5) is 0 Å². The SMILES string of the molecule is Cc1c(C(=O)N(C)[C@H]2CCNC2)nnn1-c1ccc(OC(C)C)cc1. The van der Waals surface area contributed by atoms with Gasteiger partial charge >= 0.3 is 0 Å². The Bertz CT molecular complexity index is 732. The van der Waals surface area contributed by atoms with E-state index in [0.29, 0.717) is 5.69 Å². The fourth-order valence-electron chi connectivity index (χ4n) is 3.01. The number of ether oxygens (including phenoxy) is 1. The predicted molar refractivity (Wildman–Crippen MR) is 95.2 cm³/mol. The number of carbonyl (C=O) groups excluding carboxylic acids is 1. The maximum atomic E-state index is 12.7. The Kier molecular flexibility index (Phi) is 5.03. The van der Waals surface area contributed by atoms with Crippen LogP contribution in [0.1, 0.15) is 36.5 Å². The van der Waals surface area contributed by atoms with E-state index < -0.39 is 0 Å². The molecule has 1 fully saturated rings. The highest BCUT2D eigenvalue weighted by Gasteiger charge is 2.27. The predicted octanol–water partition coefficient (Wildman–Crippen LogP) is 1.80. The number of likely N-dealkylation sites (N-methyl/N-ethyl adjacent to an activating group) is 1. The van der Waals surface area contributed by atoms with E-state index in [9.17, 15) is 4.79 Å². The van der Waals surface area contributed by atoms with E-state index in [1.807, 2.05) is 52.1 Å². The van der Waals surface area contributed by atoms with Gasteiger partial charge in [-0.1, -0.05) is 5.21 Å². The number of hydrogen-bond acceptors (Lipinski definition) is 5. The van der Waals surface area contributed by atoms with Crippen molar-refractivity contribution in [1.29, 1.82) is 0 Å². The van der Waals surface area contributed by atoms with Gasteiger partial charge in [-0.2, -0.15) is 0 Å². The van der Waals surface area contributed by atoms with E-state index in [4.69, 9.17) is 4.74 Å². The van der Waals surface area contributed by atoms with Crippen LogP contribution in [-0.4, -0.2) is 58.1 Å². The summed E-state index contributed by atoms with van der Waals surface area (Å²) in [6, 6.07) is 7.84. The summed E-state index contributed by atoms with van der Waals surface area (Å²) in [5.74, 6) is 0.721. The molecule has 0 aliphatic carbocycles. The molecular weight excluding hydrogens is 318 g/mol. The summed E-state index contributed by atoms with van der Waals surface area (Å²) in [6.07, 6.45) is 1.09. The Morgan fingerprint density at radius 1 is 1.36 bits per heavy atom. The summed E-state index contributed by atoms with van der Waals surface area (Å²) in [5, 5.41) is 11.6. The van der Waals surface area contributed by atoms with Crippen molar-refractivity contribution in [2.45, 2.75) is 39.3 Å². The molecule has 0 saturated carbocycles. The van der Waals surface area contributed by atoms with Crippen molar-refractivity contribution in [3.63, 3.8) is 0 Å². The number of nitrogens with one attached hydrogen (secondary N) is 1. The maximum Gasteiger partial charge on any atom is 0.276 e. The van der Waals surface area contributed by atoms with Gasteiger partial charge in [0.05, 0.1) is 17.5 Å². The molecule has 1 aromatic carbocycles. The van der Waals surface area contributed by atoms with Gasteiger partial charge in [0.15, 0.2) is 5.69 Å². The Balaban J connectivity index is 1.79. The largest absolute Gasteiger partial charge is 0.491 e. The zero-order valence-electron chi connectivity index (χ0n) is 15.2. The average Bonchev–Trinajstić information content (AvgIpc) is 3.24. The van der Waals surface area contributed by atoms with Gasteiger partial charge in [-0.05, 0) is 58.0 Å². The first kappa shape index (κ1) is 17.4. The number of nitrogens with zero attached hydrogens (tertiary/aromatic N) is 4. The molecular formula is C18H25N5O2. The lowest BCUT2D eigenvalue weighted by Crippen LogP contribution is -2.38. The molecule has 1 aromatic heterocycles. The molecule has 134 valence electrons. The highest BCUT2D eigenvalue weighted by atomic mass is 16.5. The Morgan fingerprint density at radius 3 is 2.68 bits per heavy atom. The molecule has 1 aliphatic rings. The number of rotatable bonds is 5. The minimum atomic E-state index is -0.0859. The normalized spacial score (nSPS) is 17.1. The van der Waals surface area contributed by atoms with Crippen LogP contribution in [0.25, 0.3) is 5.69 Å². The first-order valence-electron chi connectivity index (χ1n) is 8.64. The third-order valence-electron chi connectivity index (χ3n) is 4.45. The van der Waals surface area contributed by atoms with Crippen molar-refractivity contribution in [3.05, 3.63) is 35.7 Å². The van der Waals surface area contributed by atoms with Gasteiger partial charge in [-0.3, -0.25) is 4.79 Å². The maximum absolute atomic E-state index is 12.7. The molecule has 1 aliphatic heterocycles. The average molecular weight is 343 g/mol. The molecule has 0 unspecified atom stereocenters. The van der Waals surface area contributed by atoms with Crippen LogP contribution in [0.3, 0.4) is 0 Å². The van der Waals surface area contributed by atoms with Crippen molar-refractivity contribution in [2.75, 3.05) is 20.1 Å². The van der Waals surface area contributed by atoms with Crippen molar-refractivity contribution < 1.29 is 9.53 Å². The van der Waals surface area contributed by atoms with Gasteiger partial charge in [0.25, 0.3) is 5.91 Å². The van der Waals surface area contributed by atoms with Gasteiger partial charge in [-0.25, -0.2) is 4.68 Å². The monoisotopic (exact) mass is 343 g/mol. The number of aromatic nitrogens is 3. The van der Waals surface area contributed by atoms with E-state index in [-0.39, 0.29) is 18.1 Å². The van der Waals surface area contributed by atoms with E-state index in [0.717, 1.165) is 36.6 Å². The van der Waals surface area contributed by atoms with Gasteiger partial charge in [-0.15, -0.1) is 5.10 Å². The zero-order chi connectivity index (χ0) is 18.0. The van der Waals surface area contributed by atoms with Gasteiger partial charge in [0.2, 0.25) is 0 Å². The molecule has 3 rings (SSSR count). The van der Waals surface area contributed by atoms with Crippen LogP contribution in [0.5, 0.6) is 5.75 Å². The summed E-state index contributed by atoms with van der Waals surface area (Å²) in [6.45, 7) is 7.62. The molecule has 2 heterocycles. The molecule has 0 bridgehead atoms. The minimum absolute atomic E-state index is 0.0859. The lowest BCUT2D eigenvalue weighted by molar-refractivity contribution is 0.0737. The summed E-state index contributed by atoms with van der Waals surface area (Å²) >= 11 is 0. The number of benzene rings is 1. The third-order valence-corrected chi connectivity index (χ3v) is 4.45. The molecule has 2 aromatic rings. The van der Waals surface area contributed by atoms with E-state index in [1.54, 1.807) is 9.58 Å². The topological polar surface area (TPSA) is 72.3 Å². The van der Waals surface area contributed by atoms with Gasteiger partial charge in [0, 0.05) is 19.6 Å². The van der Waals surface area contributed by atoms with Crippen LogP contribution in [-0.2, 0) is 0 Å². The van der Waals surface area contributed by atoms with E-state index in [2.05, 4.69) is 15.6 Å². The Hall–Kier alpha value is -2.41. The first-order chi connectivity index (χ1) is 12.0. The zero-order valence-corrected chi connectivity index (χ0v) is 15.2. The van der Waals surface area contributed by atoms with Crippen molar-refractivity contribution in [2.24, 2.45) is 0 Å².